The molecule has 0 spiro atoms. The molecule has 2 aromatic carbocycles. The first-order chi connectivity index (χ1) is 12.9. The van der Waals surface area contributed by atoms with Crippen molar-refractivity contribution in [1.82, 2.24) is 13.8 Å². The van der Waals surface area contributed by atoms with Gasteiger partial charge in [0, 0.05) is 44.3 Å². The highest BCUT2D eigenvalue weighted by atomic mass is 32.2. The van der Waals surface area contributed by atoms with Gasteiger partial charge in [-0.1, -0.05) is 23.8 Å². The summed E-state index contributed by atoms with van der Waals surface area (Å²) < 4.78 is 27.4. The minimum atomic E-state index is -3.58. The molecule has 4 rings (SSSR count). The van der Waals surface area contributed by atoms with Crippen LogP contribution >= 0.6 is 0 Å². The molecule has 0 unspecified atom stereocenters. The molecule has 0 amide bonds. The number of piperazine rings is 1. The normalized spacial score (nSPS) is 16.8. The second kappa shape index (κ2) is 7.11. The third kappa shape index (κ3) is 3.65. The Morgan fingerprint density at radius 3 is 2.33 bits per heavy atom. The van der Waals surface area contributed by atoms with Gasteiger partial charge in [-0.2, -0.15) is 0 Å². The quantitative estimate of drug-likeness (QED) is 0.695. The van der Waals surface area contributed by atoms with E-state index in [0.717, 1.165) is 49.2 Å². The Kier molecular flexibility index (Phi) is 4.80. The van der Waals surface area contributed by atoms with Crippen LogP contribution in [-0.2, 0) is 16.6 Å². The fourth-order valence-corrected chi connectivity index (χ4v) is 4.92. The highest BCUT2D eigenvalue weighted by molar-refractivity contribution is 7.90. The molecule has 1 aliphatic rings. The maximum atomic E-state index is 13.0. The molecule has 0 aliphatic carbocycles. The van der Waals surface area contributed by atoms with Crippen LogP contribution in [0.3, 0.4) is 0 Å². The third-order valence-electron chi connectivity index (χ3n) is 5.30. The number of rotatable bonds is 4. The van der Waals surface area contributed by atoms with Gasteiger partial charge in [0.15, 0.2) is 0 Å². The van der Waals surface area contributed by atoms with Crippen LogP contribution in [0.1, 0.15) is 11.1 Å². The zero-order valence-corrected chi connectivity index (χ0v) is 16.6. The number of hydrogen-bond acceptors (Lipinski definition) is 4. The van der Waals surface area contributed by atoms with E-state index in [-0.39, 0.29) is 0 Å². The topological polar surface area (TPSA) is 45.6 Å². The summed E-state index contributed by atoms with van der Waals surface area (Å²) in [7, 11) is -1.43. The molecule has 142 valence electrons. The summed E-state index contributed by atoms with van der Waals surface area (Å²) in [6.07, 6.45) is 1.65. The summed E-state index contributed by atoms with van der Waals surface area (Å²) in [4.78, 5) is 5.10. The standard InChI is InChI=1S/C21H25N3O2S/c1-17-3-6-20(7-4-17)27(25,26)24-10-9-19-15-18(5-8-21(19)24)16-23-13-11-22(2)12-14-23/h3-10,15H,11-14,16H2,1-2H3. The zero-order chi connectivity index (χ0) is 19.0. The molecule has 1 aliphatic heterocycles. The van der Waals surface area contributed by atoms with Gasteiger partial charge in [-0.25, -0.2) is 12.4 Å². The van der Waals surface area contributed by atoms with E-state index in [1.165, 1.54) is 9.54 Å². The maximum absolute atomic E-state index is 13.0. The summed E-state index contributed by atoms with van der Waals surface area (Å²) in [6, 6.07) is 14.9. The molecule has 1 fully saturated rings. The second-order valence-corrected chi connectivity index (χ2v) is 9.22. The van der Waals surface area contributed by atoms with Gasteiger partial charge in [-0.15, -0.1) is 0 Å². The molecule has 0 bridgehead atoms. The van der Waals surface area contributed by atoms with Crippen LogP contribution in [0.25, 0.3) is 10.9 Å². The van der Waals surface area contributed by atoms with Crippen molar-refractivity contribution in [1.29, 1.82) is 0 Å². The number of nitrogens with zero attached hydrogens (tertiary/aromatic N) is 3. The number of aromatic nitrogens is 1. The van der Waals surface area contributed by atoms with E-state index in [1.54, 1.807) is 18.3 Å². The van der Waals surface area contributed by atoms with Crippen LogP contribution in [0, 0.1) is 6.92 Å². The van der Waals surface area contributed by atoms with Crippen LogP contribution in [-0.4, -0.2) is 55.4 Å². The van der Waals surface area contributed by atoms with Crippen molar-refractivity contribution in [2.75, 3.05) is 33.2 Å². The first-order valence-electron chi connectivity index (χ1n) is 9.27. The van der Waals surface area contributed by atoms with Gasteiger partial charge in [0.1, 0.15) is 0 Å². The Balaban J connectivity index is 1.61. The lowest BCUT2D eigenvalue weighted by Crippen LogP contribution is -2.43. The van der Waals surface area contributed by atoms with E-state index < -0.39 is 10.0 Å². The smallest absolute Gasteiger partial charge is 0.268 e. The highest BCUT2D eigenvalue weighted by Crippen LogP contribution is 2.24. The Bertz CT molecular complexity index is 1050. The highest BCUT2D eigenvalue weighted by Gasteiger charge is 2.19. The second-order valence-electron chi connectivity index (χ2n) is 7.40. The van der Waals surface area contributed by atoms with Crippen molar-refractivity contribution in [2.24, 2.45) is 0 Å². The molecule has 0 saturated carbocycles. The van der Waals surface area contributed by atoms with Crippen molar-refractivity contribution in [3.8, 4) is 0 Å². The summed E-state index contributed by atoms with van der Waals surface area (Å²) in [5.41, 5.74) is 2.98. The maximum Gasteiger partial charge on any atom is 0.268 e. The van der Waals surface area contributed by atoms with Crippen LogP contribution in [0.15, 0.2) is 59.6 Å². The van der Waals surface area contributed by atoms with Gasteiger partial charge >= 0.3 is 0 Å². The van der Waals surface area contributed by atoms with E-state index in [0.29, 0.717) is 4.90 Å². The minimum absolute atomic E-state index is 0.312. The first kappa shape index (κ1) is 18.2. The predicted molar refractivity (Wildman–Crippen MR) is 108 cm³/mol. The monoisotopic (exact) mass is 383 g/mol. The molecular weight excluding hydrogens is 358 g/mol. The van der Waals surface area contributed by atoms with E-state index >= 15 is 0 Å². The van der Waals surface area contributed by atoms with Crippen molar-refractivity contribution in [3.63, 3.8) is 0 Å². The van der Waals surface area contributed by atoms with Crippen LogP contribution in [0.5, 0.6) is 0 Å². The fourth-order valence-electron chi connectivity index (χ4n) is 3.56. The lowest BCUT2D eigenvalue weighted by molar-refractivity contribution is 0.148. The molecule has 6 heteroatoms. The number of likely N-dealkylation sites (N-methyl/N-ethyl adjacent to an activating group) is 1. The lowest BCUT2D eigenvalue weighted by atomic mass is 10.1. The average Bonchev–Trinajstić information content (AvgIpc) is 3.08. The Labute approximate surface area is 160 Å². The van der Waals surface area contributed by atoms with Crippen molar-refractivity contribution >= 4 is 20.9 Å². The van der Waals surface area contributed by atoms with Crippen LogP contribution in [0.4, 0.5) is 0 Å². The number of hydrogen-bond donors (Lipinski definition) is 0. The van der Waals surface area contributed by atoms with Crippen LogP contribution in [0.2, 0.25) is 0 Å². The molecule has 5 nitrogen and oxygen atoms in total. The molecule has 27 heavy (non-hydrogen) atoms. The molecule has 1 saturated heterocycles. The zero-order valence-electron chi connectivity index (χ0n) is 15.8. The summed E-state index contributed by atoms with van der Waals surface area (Å²) >= 11 is 0. The predicted octanol–water partition coefficient (Wildman–Crippen LogP) is 2.93. The van der Waals surface area contributed by atoms with E-state index in [4.69, 9.17) is 0 Å². The van der Waals surface area contributed by atoms with Gasteiger partial charge in [0.05, 0.1) is 10.4 Å². The summed E-state index contributed by atoms with van der Waals surface area (Å²) in [5, 5.41) is 0.956. The van der Waals surface area contributed by atoms with Gasteiger partial charge in [-0.3, -0.25) is 4.90 Å². The van der Waals surface area contributed by atoms with Crippen molar-refractivity contribution < 1.29 is 8.42 Å². The fraction of sp³-hybridized carbons (Fsp3) is 0.333. The van der Waals surface area contributed by atoms with Gasteiger partial charge in [0.2, 0.25) is 0 Å². The molecular formula is C21H25N3O2S. The molecule has 2 heterocycles. The first-order valence-corrected chi connectivity index (χ1v) is 10.7. The molecule has 0 radical (unpaired) electrons. The Morgan fingerprint density at radius 2 is 1.63 bits per heavy atom. The Morgan fingerprint density at radius 1 is 0.926 bits per heavy atom. The van der Waals surface area contributed by atoms with Crippen molar-refractivity contribution in [3.05, 3.63) is 65.9 Å². The van der Waals surface area contributed by atoms with Gasteiger partial charge in [-0.05, 0) is 49.9 Å². The lowest BCUT2D eigenvalue weighted by Gasteiger charge is -2.32. The van der Waals surface area contributed by atoms with E-state index in [2.05, 4.69) is 22.9 Å². The molecule has 0 atom stereocenters. The van der Waals surface area contributed by atoms with E-state index in [1.807, 2.05) is 37.3 Å². The largest absolute Gasteiger partial charge is 0.304 e. The van der Waals surface area contributed by atoms with Gasteiger partial charge < -0.3 is 4.90 Å². The summed E-state index contributed by atoms with van der Waals surface area (Å²) in [6.45, 7) is 7.17. The van der Waals surface area contributed by atoms with E-state index in [9.17, 15) is 8.42 Å². The third-order valence-corrected chi connectivity index (χ3v) is 7.00. The average molecular weight is 384 g/mol. The Hall–Kier alpha value is -2.15. The molecule has 3 aromatic rings. The van der Waals surface area contributed by atoms with Crippen LogP contribution < -0.4 is 0 Å². The van der Waals surface area contributed by atoms with Gasteiger partial charge in [0.25, 0.3) is 10.0 Å². The number of aryl methyl sites for hydroxylation is 1. The summed E-state index contributed by atoms with van der Waals surface area (Å²) in [5.74, 6) is 0. The number of fused-ring (bicyclic) bond motifs is 1. The number of benzene rings is 2. The molecule has 1 aromatic heterocycles. The van der Waals surface area contributed by atoms with Crippen molar-refractivity contribution in [2.45, 2.75) is 18.4 Å². The minimum Gasteiger partial charge on any atom is -0.304 e. The SMILES string of the molecule is Cc1ccc(S(=O)(=O)n2ccc3cc(CN4CCN(C)CC4)ccc32)cc1. The molecule has 0 N–H and O–H groups in total.